The van der Waals surface area contributed by atoms with Crippen LogP contribution in [0.2, 0.25) is 0 Å². The summed E-state index contributed by atoms with van der Waals surface area (Å²) in [6.45, 7) is 0. The van der Waals surface area contributed by atoms with E-state index in [2.05, 4.69) is 170 Å². The molecular formula is C42H28O. The maximum absolute atomic E-state index is 6.34. The minimum atomic E-state index is 0.865. The third-order valence-electron chi connectivity index (χ3n) is 8.35. The maximum Gasteiger partial charge on any atom is 0.134 e. The normalized spacial score (nSPS) is 11.3. The number of fused-ring (bicyclic) bond motifs is 2. The lowest BCUT2D eigenvalue weighted by Gasteiger charge is -2.12. The molecule has 0 radical (unpaired) electrons. The van der Waals surface area contributed by atoms with Crippen LogP contribution in [0.4, 0.5) is 0 Å². The smallest absolute Gasteiger partial charge is 0.134 e. The molecule has 0 N–H and O–H groups in total. The molecule has 1 heterocycles. The molecule has 202 valence electrons. The highest BCUT2D eigenvalue weighted by atomic mass is 16.3. The Hall–Kier alpha value is -5.66. The van der Waals surface area contributed by atoms with Gasteiger partial charge in [-0.25, -0.2) is 0 Å². The van der Waals surface area contributed by atoms with E-state index in [4.69, 9.17) is 4.42 Å². The van der Waals surface area contributed by atoms with Gasteiger partial charge < -0.3 is 4.42 Å². The van der Waals surface area contributed by atoms with E-state index in [9.17, 15) is 0 Å². The predicted molar refractivity (Wildman–Crippen MR) is 181 cm³/mol. The quantitative estimate of drug-likeness (QED) is 0.208. The fourth-order valence-corrected chi connectivity index (χ4v) is 6.08. The zero-order valence-corrected chi connectivity index (χ0v) is 23.6. The molecule has 0 aliphatic rings. The first kappa shape index (κ1) is 25.1. The van der Waals surface area contributed by atoms with E-state index in [0.717, 1.165) is 22.6 Å². The second kappa shape index (κ2) is 10.6. The molecule has 0 amide bonds. The molecular weight excluding hydrogens is 520 g/mol. The zero-order chi connectivity index (χ0) is 28.6. The van der Waals surface area contributed by atoms with Crippen LogP contribution in [0.3, 0.4) is 0 Å². The Morgan fingerprint density at radius 2 is 0.744 bits per heavy atom. The minimum absolute atomic E-state index is 0.865. The second-order valence-electron chi connectivity index (χ2n) is 11.0. The van der Waals surface area contributed by atoms with Gasteiger partial charge in [-0.05, 0) is 73.1 Å². The largest absolute Gasteiger partial charge is 0.456 e. The van der Waals surface area contributed by atoms with Gasteiger partial charge in [-0.3, -0.25) is 0 Å². The molecule has 1 nitrogen and oxygen atoms in total. The van der Waals surface area contributed by atoms with Gasteiger partial charge in [0.15, 0.2) is 0 Å². The van der Waals surface area contributed by atoms with Crippen molar-refractivity contribution in [3.63, 3.8) is 0 Å². The SMILES string of the molecule is c1ccc(-c2ccc(-c3ccc(-c4ccc(-c5ccc(-c6ccc7ccccc7c6)cc5)o4)cc3)c3ccccc23)cc1. The first-order chi connectivity index (χ1) is 21.3. The zero-order valence-electron chi connectivity index (χ0n) is 23.6. The topological polar surface area (TPSA) is 13.1 Å². The Morgan fingerprint density at radius 3 is 1.37 bits per heavy atom. The number of furan rings is 1. The van der Waals surface area contributed by atoms with Crippen molar-refractivity contribution < 1.29 is 4.42 Å². The molecule has 0 saturated heterocycles. The molecule has 0 unspecified atom stereocenters. The van der Waals surface area contributed by atoms with Crippen molar-refractivity contribution in [3.05, 3.63) is 170 Å². The molecule has 43 heavy (non-hydrogen) atoms. The summed E-state index contributed by atoms with van der Waals surface area (Å²) in [6.07, 6.45) is 0. The van der Waals surface area contributed by atoms with Gasteiger partial charge >= 0.3 is 0 Å². The molecule has 0 atom stereocenters. The van der Waals surface area contributed by atoms with Crippen LogP contribution >= 0.6 is 0 Å². The van der Waals surface area contributed by atoms with Gasteiger partial charge in [0.25, 0.3) is 0 Å². The Labute approximate surface area is 251 Å². The second-order valence-corrected chi connectivity index (χ2v) is 11.0. The number of benzene rings is 7. The Bertz CT molecular complexity index is 2200. The highest BCUT2D eigenvalue weighted by molar-refractivity contribution is 6.05. The lowest BCUT2D eigenvalue weighted by atomic mass is 9.92. The van der Waals surface area contributed by atoms with Gasteiger partial charge in [0.05, 0.1) is 0 Å². The van der Waals surface area contributed by atoms with Crippen molar-refractivity contribution in [2.75, 3.05) is 0 Å². The third-order valence-corrected chi connectivity index (χ3v) is 8.35. The van der Waals surface area contributed by atoms with E-state index in [1.807, 2.05) is 0 Å². The van der Waals surface area contributed by atoms with Crippen molar-refractivity contribution in [1.29, 1.82) is 0 Å². The molecule has 0 fully saturated rings. The van der Waals surface area contributed by atoms with Gasteiger partial charge in [-0.2, -0.15) is 0 Å². The summed E-state index contributed by atoms with van der Waals surface area (Å²) < 4.78 is 6.34. The van der Waals surface area contributed by atoms with Gasteiger partial charge in [-0.15, -0.1) is 0 Å². The maximum atomic E-state index is 6.34. The van der Waals surface area contributed by atoms with Crippen molar-refractivity contribution in [1.82, 2.24) is 0 Å². The lowest BCUT2D eigenvalue weighted by Crippen LogP contribution is -1.86. The first-order valence-corrected chi connectivity index (χ1v) is 14.7. The van der Waals surface area contributed by atoms with Crippen molar-refractivity contribution in [2.45, 2.75) is 0 Å². The Kier molecular flexibility index (Phi) is 6.20. The van der Waals surface area contributed by atoms with Gasteiger partial charge in [-0.1, -0.05) is 152 Å². The summed E-state index contributed by atoms with van der Waals surface area (Å²) in [5.74, 6) is 1.73. The summed E-state index contributed by atoms with van der Waals surface area (Å²) in [7, 11) is 0. The van der Waals surface area contributed by atoms with Crippen LogP contribution in [0.1, 0.15) is 0 Å². The van der Waals surface area contributed by atoms with Crippen LogP contribution in [-0.2, 0) is 0 Å². The van der Waals surface area contributed by atoms with Crippen molar-refractivity contribution in [2.24, 2.45) is 0 Å². The molecule has 8 aromatic rings. The molecule has 0 aliphatic heterocycles. The molecule has 7 aromatic carbocycles. The van der Waals surface area contributed by atoms with Crippen LogP contribution in [0.5, 0.6) is 0 Å². The van der Waals surface area contributed by atoms with Gasteiger partial charge in [0, 0.05) is 11.1 Å². The van der Waals surface area contributed by atoms with E-state index < -0.39 is 0 Å². The van der Waals surface area contributed by atoms with Gasteiger partial charge in [0.1, 0.15) is 11.5 Å². The molecule has 0 aliphatic carbocycles. The summed E-state index contributed by atoms with van der Waals surface area (Å²) >= 11 is 0. The molecule has 1 aromatic heterocycles. The van der Waals surface area contributed by atoms with E-state index >= 15 is 0 Å². The summed E-state index contributed by atoms with van der Waals surface area (Å²) in [4.78, 5) is 0. The monoisotopic (exact) mass is 548 g/mol. The standard InChI is InChI=1S/C42H28O/c1-2-9-31(10-3-1)37-24-25-38(40-13-7-6-12-39(37)40)32-17-21-34(22-18-32)42-27-26-41(43-42)33-19-14-30(15-20-33)36-23-16-29-8-4-5-11-35(29)28-36/h1-28H. The number of hydrogen-bond acceptors (Lipinski definition) is 1. The van der Waals surface area contributed by atoms with Crippen LogP contribution < -0.4 is 0 Å². The average molecular weight is 549 g/mol. The molecule has 0 saturated carbocycles. The van der Waals surface area contributed by atoms with E-state index in [-0.39, 0.29) is 0 Å². The summed E-state index contributed by atoms with van der Waals surface area (Å²) in [5, 5.41) is 5.03. The predicted octanol–water partition coefficient (Wildman–Crippen LogP) is 11.9. The van der Waals surface area contributed by atoms with Crippen LogP contribution in [0.15, 0.2) is 174 Å². The molecule has 1 heteroatoms. The summed E-state index contributed by atoms with van der Waals surface area (Å²) in [5.41, 5.74) is 9.45. The van der Waals surface area contributed by atoms with Crippen molar-refractivity contribution >= 4 is 21.5 Å². The van der Waals surface area contributed by atoms with Crippen molar-refractivity contribution in [3.8, 4) is 56.0 Å². The Morgan fingerprint density at radius 1 is 0.279 bits per heavy atom. The fourth-order valence-electron chi connectivity index (χ4n) is 6.08. The third kappa shape index (κ3) is 4.71. The van der Waals surface area contributed by atoms with E-state index in [0.29, 0.717) is 0 Å². The fraction of sp³-hybridized carbons (Fsp3) is 0. The Balaban J connectivity index is 1.06. The molecule has 0 spiro atoms. The highest BCUT2D eigenvalue weighted by Crippen LogP contribution is 2.37. The highest BCUT2D eigenvalue weighted by Gasteiger charge is 2.11. The van der Waals surface area contributed by atoms with Crippen LogP contribution in [-0.4, -0.2) is 0 Å². The number of hydrogen-bond donors (Lipinski definition) is 0. The van der Waals surface area contributed by atoms with E-state index in [1.165, 1.54) is 54.9 Å². The number of rotatable bonds is 5. The van der Waals surface area contributed by atoms with Crippen LogP contribution in [0, 0.1) is 0 Å². The average Bonchev–Trinajstić information content (AvgIpc) is 3.59. The first-order valence-electron chi connectivity index (χ1n) is 14.7. The lowest BCUT2D eigenvalue weighted by molar-refractivity contribution is 0.597. The van der Waals surface area contributed by atoms with Gasteiger partial charge in [0.2, 0.25) is 0 Å². The van der Waals surface area contributed by atoms with E-state index in [1.54, 1.807) is 0 Å². The van der Waals surface area contributed by atoms with Crippen LogP contribution in [0.25, 0.3) is 77.6 Å². The minimum Gasteiger partial charge on any atom is -0.456 e. The molecule has 8 rings (SSSR count). The summed E-state index contributed by atoms with van der Waals surface area (Å²) in [6, 6.07) is 60.3. The molecule has 0 bridgehead atoms.